The van der Waals surface area contributed by atoms with Gasteiger partial charge in [-0.25, -0.2) is 0 Å². The van der Waals surface area contributed by atoms with Crippen LogP contribution in [0.4, 0.5) is 0 Å². The van der Waals surface area contributed by atoms with Gasteiger partial charge in [0.25, 0.3) is 0 Å². The van der Waals surface area contributed by atoms with Crippen molar-refractivity contribution in [2.45, 2.75) is 109 Å². The monoisotopic (exact) mass is 394 g/mol. The van der Waals surface area contributed by atoms with E-state index in [4.69, 9.17) is 10.2 Å². The van der Waals surface area contributed by atoms with E-state index in [1.807, 2.05) is 0 Å². The minimum absolute atomic E-state index is 0.309. The van der Waals surface area contributed by atoms with Crippen molar-refractivity contribution >= 4 is 21.9 Å². The lowest BCUT2D eigenvalue weighted by molar-refractivity contribution is -0.137. The molecule has 0 saturated carbocycles. The molecule has 0 amide bonds. The van der Waals surface area contributed by atoms with Crippen molar-refractivity contribution in [1.82, 2.24) is 0 Å². The zero-order chi connectivity index (χ0) is 17.8. The Morgan fingerprint density at radius 2 is 1.39 bits per heavy atom. The summed E-state index contributed by atoms with van der Waals surface area (Å²) in [6.45, 7) is 4.74. The van der Waals surface area contributed by atoms with Gasteiger partial charge in [0.15, 0.2) is 0 Å². The maximum absolute atomic E-state index is 10.1. The number of halogens is 1. The third-order valence-corrected chi connectivity index (χ3v) is 4.97. The van der Waals surface area contributed by atoms with Crippen LogP contribution in [-0.4, -0.2) is 27.6 Å². The number of rotatable bonds is 15. The Balaban J connectivity index is 0. The Morgan fingerprint density at radius 3 is 1.83 bits per heavy atom. The van der Waals surface area contributed by atoms with Crippen molar-refractivity contribution in [3.63, 3.8) is 0 Å². The first-order valence-corrected chi connectivity index (χ1v) is 10.5. The van der Waals surface area contributed by atoms with Crippen LogP contribution in [0.3, 0.4) is 0 Å². The minimum Gasteiger partial charge on any atom is -0.481 e. The van der Waals surface area contributed by atoms with Gasteiger partial charge in [-0.15, -0.1) is 0 Å². The average molecular weight is 395 g/mol. The number of carboxylic acid groups (broad SMARTS) is 1. The third-order valence-electron chi connectivity index (χ3n) is 3.86. The Bertz CT molecular complexity index is 225. The zero-order valence-corrected chi connectivity index (χ0v) is 17.0. The van der Waals surface area contributed by atoms with Gasteiger partial charge in [0.2, 0.25) is 0 Å². The molecule has 0 saturated heterocycles. The van der Waals surface area contributed by atoms with Gasteiger partial charge in [0, 0.05) is 17.9 Å². The van der Waals surface area contributed by atoms with E-state index in [0.717, 1.165) is 32.1 Å². The molecule has 0 aliphatic rings. The molecule has 0 aromatic rings. The smallest absolute Gasteiger partial charge is 0.303 e. The molecule has 1 unspecified atom stereocenters. The third kappa shape index (κ3) is 27.1. The Labute approximate surface area is 152 Å². The van der Waals surface area contributed by atoms with Crippen LogP contribution in [0.5, 0.6) is 0 Å². The van der Waals surface area contributed by atoms with Crippen molar-refractivity contribution in [3.05, 3.63) is 0 Å². The second-order valence-electron chi connectivity index (χ2n) is 6.20. The van der Waals surface area contributed by atoms with Crippen LogP contribution in [0.2, 0.25) is 0 Å². The van der Waals surface area contributed by atoms with Crippen LogP contribution in [0.15, 0.2) is 0 Å². The van der Waals surface area contributed by atoms with Crippen molar-refractivity contribution in [2.75, 3.05) is 6.61 Å². The second kappa shape index (κ2) is 21.9. The summed E-state index contributed by atoms with van der Waals surface area (Å²) >= 11 is 3.50. The van der Waals surface area contributed by atoms with Crippen molar-refractivity contribution in [1.29, 1.82) is 0 Å². The molecule has 2 N–H and O–H groups in total. The fourth-order valence-electron chi connectivity index (χ4n) is 2.27. The molecule has 0 aliphatic heterocycles. The first kappa shape index (κ1) is 25.2. The van der Waals surface area contributed by atoms with Gasteiger partial charge >= 0.3 is 5.97 Å². The molecular weight excluding hydrogens is 356 g/mol. The Kier molecular flexibility index (Phi) is 24.0. The van der Waals surface area contributed by atoms with Crippen LogP contribution < -0.4 is 0 Å². The highest BCUT2D eigenvalue weighted by Gasteiger charge is 2.01. The van der Waals surface area contributed by atoms with Gasteiger partial charge in [-0.2, -0.15) is 0 Å². The lowest BCUT2D eigenvalue weighted by Gasteiger charge is -2.04. The summed E-state index contributed by atoms with van der Waals surface area (Å²) in [5.41, 5.74) is 0. The molecular formula is C19H39BrO3. The number of aliphatic hydroxyl groups excluding tert-OH is 1. The van der Waals surface area contributed by atoms with Gasteiger partial charge in [0.05, 0.1) is 0 Å². The summed E-state index contributed by atoms with van der Waals surface area (Å²) in [6.07, 6.45) is 16.2. The number of hydrogen-bond acceptors (Lipinski definition) is 2. The first-order valence-electron chi connectivity index (χ1n) is 9.55. The highest BCUT2D eigenvalue weighted by Crippen LogP contribution is 2.13. The molecule has 0 heterocycles. The largest absolute Gasteiger partial charge is 0.481 e. The summed E-state index contributed by atoms with van der Waals surface area (Å²) in [5, 5.41) is 16.9. The lowest BCUT2D eigenvalue weighted by Crippen LogP contribution is -1.97. The highest BCUT2D eigenvalue weighted by atomic mass is 79.9. The second-order valence-corrected chi connectivity index (χ2v) is 7.49. The van der Waals surface area contributed by atoms with Gasteiger partial charge in [-0.1, -0.05) is 87.6 Å². The molecule has 23 heavy (non-hydrogen) atoms. The molecule has 0 rings (SSSR count). The average Bonchev–Trinajstić information content (AvgIpc) is 2.54. The summed E-state index contributed by atoms with van der Waals surface area (Å²) in [5.74, 6) is -0.687. The highest BCUT2D eigenvalue weighted by molar-refractivity contribution is 9.09. The molecule has 0 fully saturated rings. The SMILES string of the molecule is CCC(Br)CCCCC(=O)O.CCCCCCCCCCCO. The predicted octanol–water partition coefficient (Wildman–Crippen LogP) is 6.31. The van der Waals surface area contributed by atoms with Crippen molar-refractivity contribution < 1.29 is 15.0 Å². The quantitative estimate of drug-likeness (QED) is 0.252. The normalized spacial score (nSPS) is 11.7. The molecule has 0 bridgehead atoms. The number of aliphatic hydroxyl groups is 1. The van der Waals surface area contributed by atoms with Gasteiger partial charge in [-0.05, 0) is 25.7 Å². The van der Waals surface area contributed by atoms with Gasteiger partial charge in [-0.3, -0.25) is 4.79 Å². The van der Waals surface area contributed by atoms with Gasteiger partial charge < -0.3 is 10.2 Å². The standard InChI is InChI=1S/C11H24O.C8H15BrO2/c1-2-3-4-5-6-7-8-9-10-11-12;1-2-7(9)5-3-4-6-8(10)11/h12H,2-11H2,1H3;7H,2-6H2,1H3,(H,10,11). The van der Waals surface area contributed by atoms with Gasteiger partial charge in [0.1, 0.15) is 0 Å². The summed E-state index contributed by atoms with van der Waals surface area (Å²) in [6, 6.07) is 0. The van der Waals surface area contributed by atoms with E-state index in [2.05, 4.69) is 29.8 Å². The molecule has 0 aromatic carbocycles. The van der Waals surface area contributed by atoms with E-state index < -0.39 is 5.97 Å². The fraction of sp³-hybridized carbons (Fsp3) is 0.947. The minimum atomic E-state index is -0.687. The summed E-state index contributed by atoms with van der Waals surface area (Å²) in [7, 11) is 0. The van der Waals surface area contributed by atoms with E-state index in [0.29, 0.717) is 17.9 Å². The number of aliphatic carboxylic acids is 1. The van der Waals surface area contributed by atoms with Crippen molar-refractivity contribution in [3.8, 4) is 0 Å². The summed E-state index contributed by atoms with van der Waals surface area (Å²) in [4.78, 5) is 10.7. The molecule has 1 atom stereocenters. The number of carbonyl (C=O) groups is 1. The van der Waals surface area contributed by atoms with E-state index in [9.17, 15) is 4.79 Å². The topological polar surface area (TPSA) is 57.5 Å². The molecule has 0 aliphatic carbocycles. The number of unbranched alkanes of at least 4 members (excludes halogenated alkanes) is 9. The fourth-order valence-corrected chi connectivity index (χ4v) is 2.59. The van der Waals surface area contributed by atoms with E-state index in [1.165, 1.54) is 51.4 Å². The first-order chi connectivity index (χ1) is 11.1. The van der Waals surface area contributed by atoms with Crippen LogP contribution in [0, 0.1) is 0 Å². The van der Waals surface area contributed by atoms with Crippen molar-refractivity contribution in [2.24, 2.45) is 0 Å². The number of alkyl halides is 1. The number of carboxylic acids is 1. The molecule has 140 valence electrons. The maximum atomic E-state index is 10.1. The molecule has 3 nitrogen and oxygen atoms in total. The molecule has 0 aromatic heterocycles. The lowest BCUT2D eigenvalue weighted by atomic mass is 10.1. The Hall–Kier alpha value is -0.0900. The van der Waals surface area contributed by atoms with E-state index in [1.54, 1.807) is 0 Å². The van der Waals surface area contributed by atoms with Crippen LogP contribution in [0.25, 0.3) is 0 Å². The molecule has 0 radical (unpaired) electrons. The number of hydrogen-bond donors (Lipinski definition) is 2. The predicted molar refractivity (Wildman–Crippen MR) is 103 cm³/mol. The Morgan fingerprint density at radius 1 is 0.870 bits per heavy atom. The maximum Gasteiger partial charge on any atom is 0.303 e. The van der Waals surface area contributed by atoms with Crippen LogP contribution >= 0.6 is 15.9 Å². The molecule has 0 spiro atoms. The van der Waals surface area contributed by atoms with Crippen LogP contribution in [0.1, 0.15) is 104 Å². The molecule has 4 heteroatoms. The zero-order valence-electron chi connectivity index (χ0n) is 15.4. The van der Waals surface area contributed by atoms with Crippen LogP contribution in [-0.2, 0) is 4.79 Å². The summed E-state index contributed by atoms with van der Waals surface area (Å²) < 4.78 is 0. The van der Waals surface area contributed by atoms with E-state index >= 15 is 0 Å². The van der Waals surface area contributed by atoms with E-state index in [-0.39, 0.29) is 0 Å².